The minimum absolute atomic E-state index is 0.0659. The molecule has 1 nitrogen and oxygen atoms in total. The lowest BCUT2D eigenvalue weighted by molar-refractivity contribution is 0.285. The molecule has 0 fully saturated rings. The van der Waals surface area contributed by atoms with E-state index in [4.69, 9.17) is 4.74 Å². The Morgan fingerprint density at radius 3 is 2.23 bits per heavy atom. The summed E-state index contributed by atoms with van der Waals surface area (Å²) in [5.41, 5.74) is 4.01. The molecule has 4 rings (SSSR count). The van der Waals surface area contributed by atoms with E-state index < -0.39 is 11.6 Å². The van der Waals surface area contributed by atoms with Crippen molar-refractivity contribution < 1.29 is 17.9 Å². The molecule has 3 aromatic carbocycles. The Bertz CT molecular complexity index is 1290. The van der Waals surface area contributed by atoms with Crippen molar-refractivity contribution in [3.8, 4) is 28.0 Å². The van der Waals surface area contributed by atoms with Crippen LogP contribution in [0.2, 0.25) is 0 Å². The molecule has 0 heterocycles. The first-order valence-corrected chi connectivity index (χ1v) is 14.3. The summed E-state index contributed by atoms with van der Waals surface area (Å²) in [6.45, 7) is 4.53. The summed E-state index contributed by atoms with van der Waals surface area (Å²) in [5.74, 6) is -1.56. The number of unbranched alkanes of at least 4 members (excludes halogenated alkanes) is 3. The van der Waals surface area contributed by atoms with Crippen molar-refractivity contribution in [2.75, 3.05) is 6.61 Å². The van der Waals surface area contributed by atoms with Crippen LogP contribution in [0.5, 0.6) is 5.75 Å². The lowest BCUT2D eigenvalue weighted by Gasteiger charge is -2.22. The van der Waals surface area contributed by atoms with Gasteiger partial charge in [0, 0.05) is 11.1 Å². The molecule has 0 radical (unpaired) electrons. The van der Waals surface area contributed by atoms with Crippen LogP contribution in [0, 0.1) is 23.4 Å². The lowest BCUT2D eigenvalue weighted by atomic mass is 9.84. The number of benzene rings is 3. The Kier molecular flexibility index (Phi) is 10.5. The van der Waals surface area contributed by atoms with Crippen molar-refractivity contribution in [1.82, 2.24) is 0 Å². The topological polar surface area (TPSA) is 9.23 Å². The molecular formula is C35H39F3O. The maximum Gasteiger partial charge on any atom is 0.201 e. The van der Waals surface area contributed by atoms with Crippen LogP contribution >= 0.6 is 0 Å². The van der Waals surface area contributed by atoms with Gasteiger partial charge in [0.05, 0.1) is 6.61 Å². The van der Waals surface area contributed by atoms with E-state index in [0.29, 0.717) is 29.2 Å². The lowest BCUT2D eigenvalue weighted by Crippen LogP contribution is -2.05. The number of hydrogen-bond acceptors (Lipinski definition) is 1. The molecule has 0 saturated carbocycles. The summed E-state index contributed by atoms with van der Waals surface area (Å²) in [7, 11) is 0. The number of hydrogen-bond donors (Lipinski definition) is 0. The molecule has 0 bridgehead atoms. The van der Waals surface area contributed by atoms with Crippen LogP contribution in [0.25, 0.3) is 27.8 Å². The zero-order valence-corrected chi connectivity index (χ0v) is 23.1. The van der Waals surface area contributed by atoms with Gasteiger partial charge in [-0.25, -0.2) is 8.78 Å². The predicted octanol–water partition coefficient (Wildman–Crippen LogP) is 10.9. The number of allylic oxidation sites excluding steroid dienone is 4. The SMILES string of the molecule is CC=CCCC1CC=C(c2ccc(-c3ccc(-c4ccc(OCCCCCC)c(F)c4F)cc3)c(F)c2)CC1. The molecule has 206 valence electrons. The molecule has 0 saturated heterocycles. The first kappa shape index (κ1) is 28.7. The summed E-state index contributed by atoms with van der Waals surface area (Å²) in [4.78, 5) is 0. The van der Waals surface area contributed by atoms with Crippen molar-refractivity contribution >= 4 is 5.57 Å². The predicted molar refractivity (Wildman–Crippen MR) is 156 cm³/mol. The Morgan fingerprint density at radius 1 is 0.846 bits per heavy atom. The average molecular weight is 533 g/mol. The van der Waals surface area contributed by atoms with Gasteiger partial charge in [-0.2, -0.15) is 4.39 Å². The molecule has 1 aliphatic rings. The summed E-state index contributed by atoms with van der Waals surface area (Å²) in [5, 5.41) is 0. The average Bonchev–Trinajstić information content (AvgIpc) is 2.96. The minimum Gasteiger partial charge on any atom is -0.490 e. The van der Waals surface area contributed by atoms with Crippen molar-refractivity contribution in [2.24, 2.45) is 5.92 Å². The van der Waals surface area contributed by atoms with Crippen LogP contribution < -0.4 is 4.74 Å². The molecule has 4 heteroatoms. The fourth-order valence-electron chi connectivity index (χ4n) is 5.27. The highest BCUT2D eigenvalue weighted by atomic mass is 19.2. The van der Waals surface area contributed by atoms with Gasteiger partial charge in [0.2, 0.25) is 5.82 Å². The van der Waals surface area contributed by atoms with E-state index in [1.807, 2.05) is 12.1 Å². The molecule has 1 aliphatic carbocycles. The zero-order chi connectivity index (χ0) is 27.6. The molecule has 0 N–H and O–H groups in total. The van der Waals surface area contributed by atoms with E-state index in [9.17, 15) is 8.78 Å². The van der Waals surface area contributed by atoms with E-state index in [1.54, 1.807) is 30.3 Å². The van der Waals surface area contributed by atoms with Crippen LogP contribution in [0.3, 0.4) is 0 Å². The van der Waals surface area contributed by atoms with Gasteiger partial charge >= 0.3 is 0 Å². The third kappa shape index (κ3) is 7.44. The van der Waals surface area contributed by atoms with Gasteiger partial charge in [-0.15, -0.1) is 0 Å². The molecule has 0 aromatic heterocycles. The highest BCUT2D eigenvalue weighted by Gasteiger charge is 2.18. The standard InChI is InChI=1S/C35H39F3O/c1-3-5-7-9-23-39-33-22-21-31(34(37)35(33)38)28-17-15-27(16-18-28)30-20-19-29(24-32(30)36)26-13-11-25(12-14-26)10-8-6-4-2/h4,6,13,15-22,24-25H,3,5,7-12,14,23H2,1-2H3. The molecule has 3 aromatic rings. The zero-order valence-electron chi connectivity index (χ0n) is 23.1. The van der Waals surface area contributed by atoms with Crippen molar-refractivity contribution in [1.29, 1.82) is 0 Å². The van der Waals surface area contributed by atoms with Crippen LogP contribution in [0.1, 0.15) is 77.2 Å². The van der Waals surface area contributed by atoms with E-state index in [1.165, 1.54) is 24.1 Å². The van der Waals surface area contributed by atoms with E-state index >= 15 is 4.39 Å². The van der Waals surface area contributed by atoms with Gasteiger partial charge in [0.25, 0.3) is 0 Å². The number of halogens is 3. The Hall–Kier alpha value is -3.27. The van der Waals surface area contributed by atoms with Gasteiger partial charge in [-0.1, -0.05) is 80.8 Å². The van der Waals surface area contributed by atoms with Crippen LogP contribution in [0.4, 0.5) is 13.2 Å². The van der Waals surface area contributed by atoms with Crippen LogP contribution in [0.15, 0.2) is 72.8 Å². The Balaban J connectivity index is 1.43. The van der Waals surface area contributed by atoms with Crippen molar-refractivity contribution in [3.05, 3.63) is 95.8 Å². The highest BCUT2D eigenvalue weighted by molar-refractivity contribution is 5.74. The fourth-order valence-corrected chi connectivity index (χ4v) is 5.27. The number of ether oxygens (including phenoxy) is 1. The molecule has 0 amide bonds. The normalized spacial score (nSPS) is 15.5. The summed E-state index contributed by atoms with van der Waals surface area (Å²) in [6.07, 6.45) is 16.1. The van der Waals surface area contributed by atoms with Crippen molar-refractivity contribution in [2.45, 2.75) is 71.6 Å². The highest BCUT2D eigenvalue weighted by Crippen LogP contribution is 2.35. The first-order chi connectivity index (χ1) is 19.0. The van der Waals surface area contributed by atoms with Gasteiger partial charge in [-0.05, 0) is 91.8 Å². The van der Waals surface area contributed by atoms with Gasteiger partial charge in [-0.3, -0.25) is 0 Å². The molecule has 1 unspecified atom stereocenters. The van der Waals surface area contributed by atoms with Gasteiger partial charge < -0.3 is 4.74 Å². The quantitative estimate of drug-likeness (QED) is 0.166. The van der Waals surface area contributed by atoms with Crippen LogP contribution in [-0.4, -0.2) is 6.61 Å². The molecule has 39 heavy (non-hydrogen) atoms. The Morgan fingerprint density at radius 2 is 1.56 bits per heavy atom. The fraction of sp³-hybridized carbons (Fsp3) is 0.371. The van der Waals surface area contributed by atoms with E-state index in [2.05, 4.69) is 32.1 Å². The maximum absolute atomic E-state index is 15.2. The monoisotopic (exact) mass is 532 g/mol. The molecule has 0 aliphatic heterocycles. The van der Waals surface area contributed by atoms with E-state index in [-0.39, 0.29) is 17.1 Å². The summed E-state index contributed by atoms with van der Waals surface area (Å²) >= 11 is 0. The smallest absolute Gasteiger partial charge is 0.201 e. The van der Waals surface area contributed by atoms with Crippen LogP contribution in [-0.2, 0) is 0 Å². The Labute approximate surface area is 231 Å². The largest absolute Gasteiger partial charge is 0.490 e. The second kappa shape index (κ2) is 14.2. The van der Waals surface area contributed by atoms with E-state index in [0.717, 1.165) is 56.9 Å². The summed E-state index contributed by atoms with van der Waals surface area (Å²) in [6, 6.07) is 15.3. The number of rotatable bonds is 12. The second-order valence-corrected chi connectivity index (χ2v) is 10.4. The second-order valence-electron chi connectivity index (χ2n) is 10.4. The first-order valence-electron chi connectivity index (χ1n) is 14.3. The third-order valence-corrected chi connectivity index (χ3v) is 7.65. The van der Waals surface area contributed by atoms with Crippen molar-refractivity contribution in [3.63, 3.8) is 0 Å². The van der Waals surface area contributed by atoms with Gasteiger partial charge in [0.15, 0.2) is 11.6 Å². The third-order valence-electron chi connectivity index (χ3n) is 7.65. The molecule has 0 spiro atoms. The molecular weight excluding hydrogens is 493 g/mol. The molecule has 1 atom stereocenters. The summed E-state index contributed by atoms with van der Waals surface area (Å²) < 4.78 is 50.1. The minimum atomic E-state index is -0.977. The maximum atomic E-state index is 15.2. The van der Waals surface area contributed by atoms with Gasteiger partial charge in [0.1, 0.15) is 5.82 Å².